The first-order chi connectivity index (χ1) is 38.2. The molecule has 2 nitrogen and oxygen atoms in total. The highest BCUT2D eigenvalue weighted by atomic mass is 14.6. The van der Waals surface area contributed by atoms with Gasteiger partial charge in [0.25, 0.3) is 0 Å². The zero-order valence-electron chi connectivity index (χ0n) is 42.0. The molecule has 0 saturated heterocycles. The number of benzene rings is 11. The normalized spacial score (nSPS) is 12.8. The van der Waals surface area contributed by atoms with E-state index in [1.165, 1.54) is 133 Å². The number of rotatable bonds is 7. The molecule has 0 radical (unpaired) electrons. The van der Waals surface area contributed by atoms with Crippen molar-refractivity contribution in [3.63, 3.8) is 0 Å². The Hall–Kier alpha value is -10.0. The molecular formula is C75H46N2. The fourth-order valence-corrected chi connectivity index (χ4v) is 13.6. The molecule has 2 aromatic heterocycles. The summed E-state index contributed by atoms with van der Waals surface area (Å²) >= 11 is 0. The summed E-state index contributed by atoms with van der Waals surface area (Å²) < 4.78 is 0. The second-order valence-electron chi connectivity index (χ2n) is 20.7. The van der Waals surface area contributed by atoms with E-state index >= 15 is 0 Å². The van der Waals surface area contributed by atoms with E-state index in [4.69, 9.17) is 0 Å². The van der Waals surface area contributed by atoms with E-state index in [1.807, 2.05) is 24.8 Å². The lowest BCUT2D eigenvalue weighted by Gasteiger charge is -2.32. The number of aromatic nitrogens is 2. The number of hydrogen-bond acceptors (Lipinski definition) is 2. The van der Waals surface area contributed by atoms with Crippen LogP contribution in [0.4, 0.5) is 0 Å². The van der Waals surface area contributed by atoms with E-state index in [1.54, 1.807) is 0 Å². The van der Waals surface area contributed by atoms with E-state index < -0.39 is 5.41 Å². The van der Waals surface area contributed by atoms with E-state index in [2.05, 4.69) is 265 Å². The smallest absolute Gasteiger partial charge is 0.0726 e. The topological polar surface area (TPSA) is 25.8 Å². The molecule has 1 spiro atoms. The molecule has 77 heavy (non-hydrogen) atoms. The third kappa shape index (κ3) is 6.43. The van der Waals surface area contributed by atoms with Gasteiger partial charge in [0.1, 0.15) is 0 Å². The molecule has 0 amide bonds. The summed E-state index contributed by atoms with van der Waals surface area (Å²) in [6.07, 6.45) is 7.60. The third-order valence-electron chi connectivity index (χ3n) is 16.8. The number of nitrogens with zero attached hydrogens (tertiary/aromatic N) is 2. The van der Waals surface area contributed by atoms with E-state index in [0.29, 0.717) is 0 Å². The summed E-state index contributed by atoms with van der Waals surface area (Å²) in [7, 11) is 0. The van der Waals surface area contributed by atoms with Gasteiger partial charge >= 0.3 is 0 Å². The van der Waals surface area contributed by atoms with Gasteiger partial charge < -0.3 is 0 Å². The molecule has 0 fully saturated rings. The second-order valence-corrected chi connectivity index (χ2v) is 20.7. The lowest BCUT2D eigenvalue weighted by molar-refractivity contribution is 0.795. The molecule has 16 rings (SSSR count). The fourth-order valence-electron chi connectivity index (χ4n) is 13.6. The predicted octanol–water partition coefficient (Wildman–Crippen LogP) is 19.3. The Kier molecular flexibility index (Phi) is 9.58. The van der Waals surface area contributed by atoms with Crippen molar-refractivity contribution in [2.24, 2.45) is 0 Å². The third-order valence-corrected chi connectivity index (χ3v) is 16.8. The van der Waals surface area contributed by atoms with Crippen molar-refractivity contribution in [3.8, 4) is 122 Å². The zero-order valence-corrected chi connectivity index (χ0v) is 42.0. The van der Waals surface area contributed by atoms with Crippen LogP contribution in [0.3, 0.4) is 0 Å². The van der Waals surface area contributed by atoms with Crippen LogP contribution in [-0.2, 0) is 5.41 Å². The van der Waals surface area contributed by atoms with Crippen LogP contribution in [0.5, 0.6) is 0 Å². The molecule has 11 aromatic carbocycles. The average Bonchev–Trinajstić information content (AvgIpc) is 3.24. The van der Waals surface area contributed by atoms with Gasteiger partial charge in [0, 0.05) is 24.8 Å². The second kappa shape index (κ2) is 17.0. The molecule has 0 bridgehead atoms. The van der Waals surface area contributed by atoms with Crippen LogP contribution >= 0.6 is 0 Å². The number of pyridine rings is 2. The Morgan fingerprint density at radius 1 is 0.208 bits per heavy atom. The van der Waals surface area contributed by atoms with Gasteiger partial charge in [-0.3, -0.25) is 9.97 Å². The van der Waals surface area contributed by atoms with E-state index in [0.717, 1.165) is 22.3 Å². The summed E-state index contributed by atoms with van der Waals surface area (Å²) in [6, 6.07) is 95.7. The Bertz CT molecular complexity index is 4310. The summed E-state index contributed by atoms with van der Waals surface area (Å²) in [5.74, 6) is 0. The Morgan fingerprint density at radius 2 is 0.623 bits per heavy atom. The molecule has 3 aliphatic carbocycles. The molecule has 0 atom stereocenters. The lowest BCUT2D eigenvalue weighted by Crippen LogP contribution is -2.26. The van der Waals surface area contributed by atoms with Crippen LogP contribution in [0.2, 0.25) is 0 Å². The molecule has 356 valence electrons. The van der Waals surface area contributed by atoms with E-state index in [9.17, 15) is 0 Å². The van der Waals surface area contributed by atoms with Gasteiger partial charge in [-0.2, -0.15) is 0 Å². The molecule has 0 unspecified atom stereocenters. The Labute approximate surface area is 448 Å². The maximum absolute atomic E-state index is 4.46. The molecule has 2 heterocycles. The standard InChI is InChI=1S/C75H46N2/c1-5-17-49(18-6-1)60-42-64-65-43-61(50-19-7-2-8-20-50)63(52-23-11-4-12-24-52)45-69(65)75(68(64)44-62(60)51-21-9-3-10-22-51)67-30-14-13-27-58(67)74-70(75)46-66-57-28-15-25-53-26-16-29-59(71(53)57)73(66)72(74)56-40-54(47-31-35-76-36-32-47)39-55(41-56)48-33-37-77-38-34-48/h1-46H. The van der Waals surface area contributed by atoms with Crippen LogP contribution in [0.1, 0.15) is 22.3 Å². The molecule has 13 aromatic rings. The molecule has 0 N–H and O–H groups in total. The highest BCUT2D eigenvalue weighted by Crippen LogP contribution is 2.68. The van der Waals surface area contributed by atoms with Crippen molar-refractivity contribution >= 4 is 10.8 Å². The van der Waals surface area contributed by atoms with Crippen molar-refractivity contribution in [1.82, 2.24) is 9.97 Å². The SMILES string of the molecule is c1ccc(-c2cc3c(cc2-c2ccccc2)C2(c4cc(-c5ccccc5)c(-c5ccccc5)cc4-3)c3ccccc3-c3c2cc2c(c3-c3cc(-c4ccncc4)cc(-c4ccncc4)c3)-c3cccc4cccc-2c34)cc1. The largest absolute Gasteiger partial charge is 0.265 e. The van der Waals surface area contributed by atoms with E-state index in [-0.39, 0.29) is 0 Å². The molecule has 0 aliphatic heterocycles. The highest BCUT2D eigenvalue weighted by Gasteiger charge is 2.54. The highest BCUT2D eigenvalue weighted by molar-refractivity contribution is 6.21. The Morgan fingerprint density at radius 3 is 1.13 bits per heavy atom. The summed E-state index contributed by atoms with van der Waals surface area (Å²) in [5, 5.41) is 2.56. The summed E-state index contributed by atoms with van der Waals surface area (Å²) in [6.45, 7) is 0. The van der Waals surface area contributed by atoms with Gasteiger partial charge in [-0.25, -0.2) is 0 Å². The monoisotopic (exact) mass is 974 g/mol. The van der Waals surface area contributed by atoms with Crippen molar-refractivity contribution < 1.29 is 0 Å². The molecule has 3 aliphatic rings. The molecule has 0 saturated carbocycles. The van der Waals surface area contributed by atoms with Gasteiger partial charge in [-0.05, 0) is 228 Å². The quantitative estimate of drug-likeness (QED) is 0.159. The average molecular weight is 975 g/mol. The van der Waals surface area contributed by atoms with Crippen LogP contribution in [0.15, 0.2) is 280 Å². The first-order valence-corrected chi connectivity index (χ1v) is 26.6. The number of hydrogen-bond donors (Lipinski definition) is 0. The minimum Gasteiger partial charge on any atom is -0.265 e. The molecule has 2 heteroatoms. The first-order valence-electron chi connectivity index (χ1n) is 26.6. The predicted molar refractivity (Wildman–Crippen MR) is 318 cm³/mol. The zero-order chi connectivity index (χ0) is 50.6. The van der Waals surface area contributed by atoms with Crippen molar-refractivity contribution in [2.75, 3.05) is 0 Å². The van der Waals surface area contributed by atoms with Crippen molar-refractivity contribution in [2.45, 2.75) is 5.41 Å². The van der Waals surface area contributed by atoms with Crippen LogP contribution in [0.25, 0.3) is 133 Å². The molecular weight excluding hydrogens is 929 g/mol. The lowest BCUT2D eigenvalue weighted by atomic mass is 9.68. The summed E-state index contributed by atoms with van der Waals surface area (Å²) in [5.41, 5.74) is 31.1. The van der Waals surface area contributed by atoms with Gasteiger partial charge in [-0.1, -0.05) is 182 Å². The number of fused-ring (bicyclic) bond motifs is 13. The summed E-state index contributed by atoms with van der Waals surface area (Å²) in [4.78, 5) is 8.92. The van der Waals surface area contributed by atoms with Gasteiger partial charge in [0.15, 0.2) is 0 Å². The van der Waals surface area contributed by atoms with Crippen LogP contribution in [0, 0.1) is 0 Å². The minimum absolute atomic E-state index is 0.739. The maximum atomic E-state index is 4.46. The van der Waals surface area contributed by atoms with Crippen molar-refractivity contribution in [1.29, 1.82) is 0 Å². The van der Waals surface area contributed by atoms with Gasteiger partial charge in [0.2, 0.25) is 0 Å². The van der Waals surface area contributed by atoms with Crippen LogP contribution in [-0.4, -0.2) is 9.97 Å². The Balaban J connectivity index is 1.11. The fraction of sp³-hybridized carbons (Fsp3) is 0.0133. The minimum atomic E-state index is -0.739. The van der Waals surface area contributed by atoms with Crippen molar-refractivity contribution in [3.05, 3.63) is 302 Å². The maximum Gasteiger partial charge on any atom is 0.0726 e. The van der Waals surface area contributed by atoms with Gasteiger partial charge in [-0.15, -0.1) is 0 Å². The van der Waals surface area contributed by atoms with Gasteiger partial charge in [0.05, 0.1) is 5.41 Å². The first kappa shape index (κ1) is 43.4. The van der Waals surface area contributed by atoms with Crippen LogP contribution < -0.4 is 0 Å².